The first kappa shape index (κ1) is 14.7. The lowest BCUT2D eigenvalue weighted by Crippen LogP contribution is -2.31. The fraction of sp³-hybridized carbons (Fsp3) is 0.562. The van der Waals surface area contributed by atoms with E-state index < -0.39 is 12.1 Å². The Morgan fingerprint density at radius 3 is 2.62 bits per heavy atom. The highest BCUT2D eigenvalue weighted by Gasteiger charge is 2.55. The Balaban J connectivity index is 1.66. The molecule has 0 N–H and O–H groups in total. The third-order valence-electron chi connectivity index (χ3n) is 3.69. The Labute approximate surface area is 124 Å². The van der Waals surface area contributed by atoms with E-state index in [1.54, 1.807) is 0 Å². The fourth-order valence-corrected chi connectivity index (χ4v) is 2.81. The summed E-state index contributed by atoms with van der Waals surface area (Å²) < 4.78 is 23.3. The van der Waals surface area contributed by atoms with Crippen LogP contribution in [0.3, 0.4) is 0 Å². The van der Waals surface area contributed by atoms with Crippen LogP contribution >= 0.6 is 0 Å². The van der Waals surface area contributed by atoms with Crippen LogP contribution in [0.15, 0.2) is 30.3 Å². The number of hydrogen-bond donors (Lipinski definition) is 0. The first-order chi connectivity index (χ1) is 10.1. The van der Waals surface area contributed by atoms with Crippen molar-refractivity contribution in [3.05, 3.63) is 35.9 Å². The maximum absolute atomic E-state index is 10.8. The van der Waals surface area contributed by atoms with Crippen LogP contribution in [0, 0.1) is 0 Å². The van der Waals surface area contributed by atoms with Crippen LogP contribution < -0.4 is 0 Å². The molecule has 4 atom stereocenters. The van der Waals surface area contributed by atoms with E-state index in [0.29, 0.717) is 6.61 Å². The number of carbonyl (C=O) groups excluding carboxylic acids is 1. The van der Waals surface area contributed by atoms with Gasteiger partial charge in [0.15, 0.2) is 12.1 Å². The van der Waals surface area contributed by atoms with Gasteiger partial charge in [0.25, 0.3) is 0 Å². The van der Waals surface area contributed by atoms with Crippen LogP contribution in [-0.4, -0.2) is 36.7 Å². The van der Waals surface area contributed by atoms with Gasteiger partial charge < -0.3 is 23.7 Å². The summed E-state index contributed by atoms with van der Waals surface area (Å²) in [6.07, 6.45) is -0.251. The summed E-state index contributed by atoms with van der Waals surface area (Å²) in [6.45, 7) is 4.15. The first-order valence-electron chi connectivity index (χ1n) is 7.19. The van der Waals surface area contributed by atoms with Gasteiger partial charge in [0.2, 0.25) is 0 Å². The molecule has 0 aromatic heterocycles. The van der Waals surface area contributed by atoms with Gasteiger partial charge in [-0.3, -0.25) is 0 Å². The van der Waals surface area contributed by atoms with E-state index in [1.807, 2.05) is 44.2 Å². The van der Waals surface area contributed by atoms with Gasteiger partial charge in [-0.05, 0) is 19.4 Å². The molecule has 2 aliphatic heterocycles. The van der Waals surface area contributed by atoms with E-state index in [1.165, 1.54) is 0 Å². The Hall–Kier alpha value is -1.27. The largest absolute Gasteiger partial charge is 0.345 e. The molecule has 2 saturated heterocycles. The molecule has 21 heavy (non-hydrogen) atoms. The lowest BCUT2D eigenvalue weighted by molar-refractivity contribution is -0.236. The summed E-state index contributed by atoms with van der Waals surface area (Å²) >= 11 is 0. The predicted octanol–water partition coefficient (Wildman–Crippen LogP) is 2.04. The van der Waals surface area contributed by atoms with Crippen LogP contribution in [0.5, 0.6) is 0 Å². The molecule has 0 aliphatic carbocycles. The number of ether oxygens (including phenoxy) is 4. The molecular weight excluding hydrogens is 272 g/mol. The van der Waals surface area contributed by atoms with Crippen LogP contribution in [-0.2, 0) is 30.3 Å². The first-order valence-corrected chi connectivity index (χ1v) is 7.19. The van der Waals surface area contributed by atoms with Crippen LogP contribution in [0.2, 0.25) is 0 Å². The van der Waals surface area contributed by atoms with E-state index in [9.17, 15) is 4.79 Å². The zero-order valence-corrected chi connectivity index (χ0v) is 12.2. The van der Waals surface area contributed by atoms with Crippen molar-refractivity contribution < 1.29 is 23.7 Å². The van der Waals surface area contributed by atoms with Gasteiger partial charge >= 0.3 is 0 Å². The van der Waals surface area contributed by atoms with Crippen molar-refractivity contribution in [1.82, 2.24) is 0 Å². The molecule has 0 unspecified atom stereocenters. The molecule has 0 bridgehead atoms. The molecule has 0 radical (unpaired) electrons. The molecule has 2 aliphatic rings. The molecule has 5 nitrogen and oxygen atoms in total. The minimum atomic E-state index is -0.672. The summed E-state index contributed by atoms with van der Waals surface area (Å²) in [6, 6.07) is 9.87. The van der Waals surface area contributed by atoms with Crippen LogP contribution in [0.25, 0.3) is 0 Å². The maximum Gasteiger partial charge on any atom is 0.187 e. The van der Waals surface area contributed by atoms with Crippen LogP contribution in [0.1, 0.15) is 25.8 Å². The summed E-state index contributed by atoms with van der Waals surface area (Å²) in [4.78, 5) is 10.8. The van der Waals surface area contributed by atoms with E-state index in [0.717, 1.165) is 11.8 Å². The molecule has 0 amide bonds. The average molecular weight is 292 g/mol. The summed E-state index contributed by atoms with van der Waals surface area (Å²) in [7, 11) is 0. The van der Waals surface area contributed by atoms with Crippen molar-refractivity contribution in [2.75, 3.05) is 0 Å². The Kier molecular flexibility index (Phi) is 4.08. The molecule has 1 aromatic rings. The number of hydrogen-bond acceptors (Lipinski definition) is 5. The average Bonchev–Trinajstić information content (AvgIpc) is 2.93. The van der Waals surface area contributed by atoms with Crippen molar-refractivity contribution in [3.63, 3.8) is 0 Å². The summed E-state index contributed by atoms with van der Waals surface area (Å²) in [5.74, 6) is -0.672. The van der Waals surface area contributed by atoms with Gasteiger partial charge in [-0.1, -0.05) is 30.3 Å². The zero-order chi connectivity index (χ0) is 14.9. The molecule has 5 heteroatoms. The second-order valence-electron chi connectivity index (χ2n) is 5.81. The van der Waals surface area contributed by atoms with E-state index in [4.69, 9.17) is 18.9 Å². The SMILES string of the molecule is CC1(C)O[C@H]2[C@H](OCc3ccccc3)O[C@H](CC=O)[C@H]2O1. The van der Waals surface area contributed by atoms with Crippen molar-refractivity contribution in [2.45, 2.75) is 57.3 Å². The normalized spacial score (nSPS) is 33.8. The van der Waals surface area contributed by atoms with Crippen molar-refractivity contribution in [2.24, 2.45) is 0 Å². The number of aldehydes is 1. The van der Waals surface area contributed by atoms with Crippen LogP contribution in [0.4, 0.5) is 0 Å². The highest BCUT2D eigenvalue weighted by atomic mass is 16.8. The van der Waals surface area contributed by atoms with Gasteiger partial charge in [-0.2, -0.15) is 0 Å². The van der Waals surface area contributed by atoms with Gasteiger partial charge in [0.05, 0.1) is 12.7 Å². The molecule has 0 spiro atoms. The zero-order valence-electron chi connectivity index (χ0n) is 12.2. The molecule has 114 valence electrons. The standard InChI is InChI=1S/C16H20O5/c1-16(2)20-13-12(8-9-17)19-15(14(13)21-16)18-10-11-6-4-3-5-7-11/h3-7,9,12-15H,8,10H2,1-2H3/t12-,13-,14-,15-/m1/s1. The summed E-state index contributed by atoms with van der Waals surface area (Å²) in [5.41, 5.74) is 1.06. The molecule has 3 rings (SSSR count). The quantitative estimate of drug-likeness (QED) is 0.777. The van der Waals surface area contributed by atoms with Gasteiger partial charge in [-0.15, -0.1) is 0 Å². The number of benzene rings is 1. The monoisotopic (exact) mass is 292 g/mol. The minimum absolute atomic E-state index is 0.258. The Bertz CT molecular complexity index is 487. The topological polar surface area (TPSA) is 54.0 Å². The van der Waals surface area contributed by atoms with E-state index in [-0.39, 0.29) is 24.7 Å². The molecule has 0 saturated carbocycles. The second kappa shape index (κ2) is 5.85. The molecule has 2 fully saturated rings. The highest BCUT2D eigenvalue weighted by Crippen LogP contribution is 2.40. The van der Waals surface area contributed by atoms with Crippen molar-refractivity contribution in [3.8, 4) is 0 Å². The van der Waals surface area contributed by atoms with Gasteiger partial charge in [-0.25, -0.2) is 0 Å². The molecule has 1 aromatic carbocycles. The van der Waals surface area contributed by atoms with Crippen molar-refractivity contribution >= 4 is 6.29 Å². The van der Waals surface area contributed by atoms with Crippen molar-refractivity contribution in [1.29, 1.82) is 0 Å². The number of fused-ring (bicyclic) bond motifs is 1. The van der Waals surface area contributed by atoms with Gasteiger partial charge in [0, 0.05) is 6.42 Å². The third kappa shape index (κ3) is 3.16. The Morgan fingerprint density at radius 2 is 1.90 bits per heavy atom. The minimum Gasteiger partial charge on any atom is -0.345 e. The lowest BCUT2D eigenvalue weighted by atomic mass is 10.1. The fourth-order valence-electron chi connectivity index (χ4n) is 2.81. The second-order valence-corrected chi connectivity index (χ2v) is 5.81. The summed E-state index contributed by atoms with van der Waals surface area (Å²) in [5, 5.41) is 0. The maximum atomic E-state index is 10.8. The molecular formula is C16H20O5. The predicted molar refractivity (Wildman–Crippen MR) is 74.4 cm³/mol. The van der Waals surface area contributed by atoms with E-state index in [2.05, 4.69) is 0 Å². The Morgan fingerprint density at radius 1 is 1.19 bits per heavy atom. The van der Waals surface area contributed by atoms with Gasteiger partial charge in [0.1, 0.15) is 18.5 Å². The molecule has 2 heterocycles. The lowest BCUT2D eigenvalue weighted by Gasteiger charge is -2.23. The van der Waals surface area contributed by atoms with E-state index >= 15 is 0 Å². The number of carbonyl (C=O) groups is 1. The smallest absolute Gasteiger partial charge is 0.187 e. The third-order valence-corrected chi connectivity index (χ3v) is 3.69. The highest BCUT2D eigenvalue weighted by molar-refractivity contribution is 5.50. The number of rotatable bonds is 5.